The van der Waals surface area contributed by atoms with Gasteiger partial charge in [0.1, 0.15) is 0 Å². The quantitative estimate of drug-likeness (QED) is 0.838. The normalized spacial score (nSPS) is 19.2. The minimum absolute atomic E-state index is 0.447. The SMILES string of the molecule is Cc1ccccc1N1CCN(Cc2nc(CN(C)C)no2)[C@@H](C)C1. The van der Waals surface area contributed by atoms with Gasteiger partial charge in [0.2, 0.25) is 5.89 Å². The lowest BCUT2D eigenvalue weighted by atomic mass is 10.1. The van der Waals surface area contributed by atoms with Crippen molar-refractivity contribution in [2.24, 2.45) is 0 Å². The van der Waals surface area contributed by atoms with Gasteiger partial charge in [-0.1, -0.05) is 23.4 Å². The predicted molar refractivity (Wildman–Crippen MR) is 95.0 cm³/mol. The fraction of sp³-hybridized carbons (Fsp3) is 0.556. The van der Waals surface area contributed by atoms with Gasteiger partial charge in [-0.2, -0.15) is 4.98 Å². The minimum Gasteiger partial charge on any atom is -0.368 e. The molecule has 1 saturated heterocycles. The van der Waals surface area contributed by atoms with Crippen LogP contribution in [0.3, 0.4) is 0 Å². The van der Waals surface area contributed by atoms with E-state index in [-0.39, 0.29) is 0 Å². The standard InChI is InChI=1S/C18H27N5O/c1-14-7-5-6-8-16(14)23-10-9-22(15(2)11-23)13-18-19-17(20-24-18)12-21(3)4/h5-8,15H,9-13H2,1-4H3/t15-/m0/s1. The van der Waals surface area contributed by atoms with Crippen LogP contribution in [0.15, 0.2) is 28.8 Å². The molecule has 1 fully saturated rings. The lowest BCUT2D eigenvalue weighted by Gasteiger charge is -2.40. The zero-order valence-electron chi connectivity index (χ0n) is 15.1. The van der Waals surface area contributed by atoms with E-state index in [0.29, 0.717) is 18.5 Å². The third kappa shape index (κ3) is 3.94. The Morgan fingerprint density at radius 3 is 2.75 bits per heavy atom. The summed E-state index contributed by atoms with van der Waals surface area (Å²) in [6, 6.07) is 9.05. The largest absolute Gasteiger partial charge is 0.368 e. The zero-order chi connectivity index (χ0) is 17.1. The topological polar surface area (TPSA) is 48.6 Å². The van der Waals surface area contributed by atoms with Gasteiger partial charge in [-0.05, 0) is 39.6 Å². The highest BCUT2D eigenvalue weighted by Crippen LogP contribution is 2.23. The Morgan fingerprint density at radius 1 is 1.25 bits per heavy atom. The number of benzene rings is 1. The summed E-state index contributed by atoms with van der Waals surface area (Å²) in [7, 11) is 4.01. The first-order chi connectivity index (χ1) is 11.5. The van der Waals surface area contributed by atoms with E-state index >= 15 is 0 Å². The van der Waals surface area contributed by atoms with E-state index in [1.807, 2.05) is 19.0 Å². The molecule has 1 aliphatic heterocycles. The molecule has 0 saturated carbocycles. The van der Waals surface area contributed by atoms with Crippen LogP contribution in [-0.4, -0.2) is 59.7 Å². The molecule has 2 heterocycles. The Kier molecular flexibility index (Phi) is 5.16. The Balaban J connectivity index is 1.60. The molecule has 2 aromatic rings. The lowest BCUT2D eigenvalue weighted by molar-refractivity contribution is 0.159. The molecule has 0 amide bonds. The molecule has 1 aliphatic rings. The first kappa shape index (κ1) is 16.9. The second-order valence-electron chi connectivity index (χ2n) is 6.89. The number of hydrogen-bond donors (Lipinski definition) is 0. The summed E-state index contributed by atoms with van der Waals surface area (Å²) in [5.41, 5.74) is 2.68. The number of rotatable bonds is 5. The van der Waals surface area contributed by atoms with Crippen LogP contribution < -0.4 is 4.90 Å². The predicted octanol–water partition coefficient (Wildman–Crippen LogP) is 2.15. The maximum absolute atomic E-state index is 5.40. The maximum atomic E-state index is 5.40. The van der Waals surface area contributed by atoms with Crippen LogP contribution in [0.4, 0.5) is 5.69 Å². The number of aromatic nitrogens is 2. The highest BCUT2D eigenvalue weighted by molar-refractivity contribution is 5.53. The number of para-hydroxylation sites is 1. The molecule has 6 heteroatoms. The van der Waals surface area contributed by atoms with Crippen molar-refractivity contribution in [3.63, 3.8) is 0 Å². The molecule has 0 bridgehead atoms. The van der Waals surface area contributed by atoms with Crippen molar-refractivity contribution < 1.29 is 4.52 Å². The zero-order valence-corrected chi connectivity index (χ0v) is 15.1. The van der Waals surface area contributed by atoms with Crippen LogP contribution in [0.1, 0.15) is 24.2 Å². The highest BCUT2D eigenvalue weighted by Gasteiger charge is 2.26. The molecule has 0 unspecified atom stereocenters. The summed E-state index contributed by atoms with van der Waals surface area (Å²) in [6.07, 6.45) is 0. The van der Waals surface area contributed by atoms with Crippen molar-refractivity contribution in [1.29, 1.82) is 0 Å². The van der Waals surface area contributed by atoms with Gasteiger partial charge in [0.05, 0.1) is 13.1 Å². The van der Waals surface area contributed by atoms with Crippen molar-refractivity contribution in [3.05, 3.63) is 41.5 Å². The van der Waals surface area contributed by atoms with Crippen LogP contribution in [0.25, 0.3) is 0 Å². The van der Waals surface area contributed by atoms with E-state index in [0.717, 1.165) is 32.0 Å². The van der Waals surface area contributed by atoms with Gasteiger partial charge >= 0.3 is 0 Å². The van der Waals surface area contributed by atoms with Crippen LogP contribution >= 0.6 is 0 Å². The monoisotopic (exact) mass is 329 g/mol. The Morgan fingerprint density at radius 2 is 2.04 bits per heavy atom. The minimum atomic E-state index is 0.447. The van der Waals surface area contributed by atoms with Crippen LogP contribution in [0.5, 0.6) is 0 Å². The van der Waals surface area contributed by atoms with Crippen molar-refractivity contribution in [2.45, 2.75) is 33.0 Å². The van der Waals surface area contributed by atoms with E-state index in [2.05, 4.69) is 58.1 Å². The lowest BCUT2D eigenvalue weighted by Crippen LogP contribution is -2.51. The van der Waals surface area contributed by atoms with Gasteiger partial charge in [0.25, 0.3) is 0 Å². The molecule has 0 spiro atoms. The van der Waals surface area contributed by atoms with E-state index in [4.69, 9.17) is 4.52 Å². The summed E-state index contributed by atoms with van der Waals surface area (Å²) < 4.78 is 5.40. The smallest absolute Gasteiger partial charge is 0.240 e. The van der Waals surface area contributed by atoms with Crippen molar-refractivity contribution >= 4 is 5.69 Å². The molecule has 3 rings (SSSR count). The molecular formula is C18H27N5O. The Hall–Kier alpha value is -1.92. The number of nitrogens with zero attached hydrogens (tertiary/aromatic N) is 5. The van der Waals surface area contributed by atoms with Crippen molar-refractivity contribution in [2.75, 3.05) is 38.6 Å². The van der Waals surface area contributed by atoms with Gasteiger partial charge in [-0.3, -0.25) is 4.90 Å². The summed E-state index contributed by atoms with van der Waals surface area (Å²) in [5.74, 6) is 1.46. The van der Waals surface area contributed by atoms with Gasteiger partial charge in [0.15, 0.2) is 5.82 Å². The third-order valence-corrected chi connectivity index (χ3v) is 4.53. The maximum Gasteiger partial charge on any atom is 0.240 e. The Bertz CT molecular complexity index is 669. The molecule has 6 nitrogen and oxygen atoms in total. The van der Waals surface area contributed by atoms with Crippen LogP contribution in [-0.2, 0) is 13.1 Å². The molecule has 1 aromatic carbocycles. The van der Waals surface area contributed by atoms with Crippen LogP contribution in [0.2, 0.25) is 0 Å². The summed E-state index contributed by atoms with van der Waals surface area (Å²) in [5, 5.41) is 4.06. The average Bonchev–Trinajstić information content (AvgIpc) is 2.96. The fourth-order valence-electron chi connectivity index (χ4n) is 3.24. The van der Waals surface area contributed by atoms with Crippen molar-refractivity contribution in [3.8, 4) is 0 Å². The number of anilines is 1. The summed E-state index contributed by atoms with van der Waals surface area (Å²) in [4.78, 5) is 11.4. The summed E-state index contributed by atoms with van der Waals surface area (Å²) in [6.45, 7) is 8.92. The van der Waals surface area contributed by atoms with Gasteiger partial charge in [0, 0.05) is 31.4 Å². The van der Waals surface area contributed by atoms with E-state index in [1.54, 1.807) is 0 Å². The average molecular weight is 329 g/mol. The first-order valence-electron chi connectivity index (χ1n) is 8.53. The summed E-state index contributed by atoms with van der Waals surface area (Å²) >= 11 is 0. The molecule has 0 aliphatic carbocycles. The van der Waals surface area contributed by atoms with E-state index < -0.39 is 0 Å². The number of aryl methyl sites for hydroxylation is 1. The highest BCUT2D eigenvalue weighted by atomic mass is 16.5. The second kappa shape index (κ2) is 7.32. The Labute approximate surface area is 144 Å². The molecule has 1 aromatic heterocycles. The molecule has 0 radical (unpaired) electrons. The number of piperazine rings is 1. The van der Waals surface area contributed by atoms with E-state index in [1.165, 1.54) is 11.3 Å². The van der Waals surface area contributed by atoms with Gasteiger partial charge in [-0.15, -0.1) is 0 Å². The molecule has 1 atom stereocenters. The fourth-order valence-corrected chi connectivity index (χ4v) is 3.24. The van der Waals surface area contributed by atoms with Crippen LogP contribution in [0, 0.1) is 6.92 Å². The molecule has 130 valence electrons. The molecular weight excluding hydrogens is 302 g/mol. The second-order valence-corrected chi connectivity index (χ2v) is 6.89. The first-order valence-corrected chi connectivity index (χ1v) is 8.53. The molecule has 0 N–H and O–H groups in total. The van der Waals surface area contributed by atoms with Gasteiger partial charge in [-0.25, -0.2) is 0 Å². The number of hydrogen-bond acceptors (Lipinski definition) is 6. The van der Waals surface area contributed by atoms with Gasteiger partial charge < -0.3 is 14.3 Å². The van der Waals surface area contributed by atoms with E-state index in [9.17, 15) is 0 Å². The molecule has 24 heavy (non-hydrogen) atoms. The van der Waals surface area contributed by atoms with Crippen molar-refractivity contribution in [1.82, 2.24) is 19.9 Å². The third-order valence-electron chi connectivity index (χ3n) is 4.53.